The first-order valence-electron chi connectivity index (χ1n) is 13.7. The molecule has 0 aromatic heterocycles. The molecule has 7 heteroatoms. The molecule has 0 bridgehead atoms. The summed E-state index contributed by atoms with van der Waals surface area (Å²) in [6.07, 6.45) is 20.7. The van der Waals surface area contributed by atoms with Crippen molar-refractivity contribution in [2.45, 2.75) is 117 Å². The van der Waals surface area contributed by atoms with Gasteiger partial charge in [-0.05, 0) is 49.8 Å². The van der Waals surface area contributed by atoms with Crippen molar-refractivity contribution in [3.63, 3.8) is 0 Å². The third kappa shape index (κ3) is 39.6. The second-order valence-corrected chi connectivity index (χ2v) is 11.0. The van der Waals surface area contributed by atoms with Crippen molar-refractivity contribution in [1.82, 2.24) is 0 Å². The Morgan fingerprint density at radius 2 is 1.11 bits per heavy atom. The first kappa shape index (κ1) is 45.4. The van der Waals surface area contributed by atoms with Crippen molar-refractivity contribution >= 4 is 47.8 Å². The van der Waals surface area contributed by atoms with Gasteiger partial charge in [0, 0.05) is 29.2 Å². The van der Waals surface area contributed by atoms with Crippen LogP contribution in [0, 0.1) is 0 Å². The number of hydrogen-bond acceptors (Lipinski definition) is 3. The van der Waals surface area contributed by atoms with E-state index in [4.69, 9.17) is 14.6 Å². The summed E-state index contributed by atoms with van der Waals surface area (Å²) in [4.78, 5) is 0. The molecule has 0 saturated carbocycles. The van der Waals surface area contributed by atoms with Crippen molar-refractivity contribution in [2.24, 2.45) is 0 Å². The van der Waals surface area contributed by atoms with E-state index in [0.717, 1.165) is 24.5 Å². The Morgan fingerprint density at radius 3 is 1.38 bits per heavy atom. The van der Waals surface area contributed by atoms with Crippen molar-refractivity contribution < 1.29 is 45.6 Å². The first-order valence-corrected chi connectivity index (χ1v) is 17.1. The second kappa shape index (κ2) is 41.9. The smallest absolute Gasteiger partial charge is 1.00 e. The van der Waals surface area contributed by atoms with Crippen LogP contribution in [-0.4, -0.2) is 41.4 Å². The van der Waals surface area contributed by atoms with E-state index >= 15 is 0 Å². The number of methoxy groups -OCH3 is 1. The number of alkyl halides is 3. The van der Waals surface area contributed by atoms with E-state index < -0.39 is 0 Å². The largest absolute Gasteiger partial charge is 1.00 e. The summed E-state index contributed by atoms with van der Waals surface area (Å²) >= 11 is 10.3. The van der Waals surface area contributed by atoms with Crippen LogP contribution in [0.1, 0.15) is 118 Å². The zero-order chi connectivity index (χ0) is 26.2. The molecule has 0 aliphatic carbocycles. The first-order chi connectivity index (χ1) is 17.2. The van der Waals surface area contributed by atoms with E-state index in [2.05, 4.69) is 54.7 Å². The fourth-order valence-electron chi connectivity index (χ4n) is 3.19. The van der Waals surface area contributed by atoms with E-state index in [1.807, 2.05) is 24.3 Å². The third-order valence-electron chi connectivity index (χ3n) is 5.42. The van der Waals surface area contributed by atoms with E-state index in [0.29, 0.717) is 0 Å². The van der Waals surface area contributed by atoms with E-state index in [1.54, 1.807) is 7.11 Å². The molecular weight excluding hydrogens is 671 g/mol. The van der Waals surface area contributed by atoms with Crippen LogP contribution >= 0.6 is 47.8 Å². The van der Waals surface area contributed by atoms with Gasteiger partial charge in [0.05, 0.1) is 13.7 Å². The van der Waals surface area contributed by atoms with E-state index in [-0.39, 0.29) is 45.0 Å². The minimum atomic E-state index is 0. The third-order valence-corrected chi connectivity index (χ3v) is 7.11. The minimum absolute atomic E-state index is 0. The Morgan fingerprint density at radius 1 is 0.730 bits per heavy atom. The van der Waals surface area contributed by atoms with Gasteiger partial charge in [0.1, 0.15) is 5.75 Å². The van der Waals surface area contributed by atoms with E-state index in [9.17, 15) is 0 Å². The summed E-state index contributed by atoms with van der Waals surface area (Å²) in [6, 6.07) is 7.31. The van der Waals surface area contributed by atoms with Gasteiger partial charge >= 0.3 is 29.6 Å². The zero-order valence-electron chi connectivity index (χ0n) is 24.6. The molecule has 1 aromatic rings. The zero-order valence-corrected chi connectivity index (χ0v) is 30.3. The molecular formula is C30H58Br3NaO3. The topological polar surface area (TPSA) is 38.7 Å². The SMILES string of the molecule is BrCCCCCCCCBr.C.C1CCOC1.CCCCCCCCCBr.COc1ccc(CO)cc1.[H-].[Na+]. The van der Waals surface area contributed by atoms with Crippen molar-refractivity contribution in [3.8, 4) is 5.75 Å². The fourth-order valence-corrected chi connectivity index (χ4v) is 4.38. The van der Waals surface area contributed by atoms with Crippen LogP contribution in [0.4, 0.5) is 0 Å². The molecule has 3 nitrogen and oxygen atoms in total. The number of aliphatic hydroxyl groups is 1. The van der Waals surface area contributed by atoms with Crippen molar-refractivity contribution in [1.29, 1.82) is 0 Å². The van der Waals surface area contributed by atoms with Gasteiger partial charge in [-0.2, -0.15) is 0 Å². The molecule has 1 N–H and O–H groups in total. The Hall–Kier alpha value is 1.38. The van der Waals surface area contributed by atoms with Crippen LogP contribution in [-0.2, 0) is 11.3 Å². The molecule has 1 heterocycles. The molecule has 0 radical (unpaired) electrons. The predicted molar refractivity (Wildman–Crippen MR) is 174 cm³/mol. The fraction of sp³-hybridized carbons (Fsp3) is 0.800. The van der Waals surface area contributed by atoms with Gasteiger partial charge in [0.15, 0.2) is 0 Å². The molecule has 0 atom stereocenters. The summed E-state index contributed by atoms with van der Waals surface area (Å²) in [5.74, 6) is 0.817. The van der Waals surface area contributed by atoms with Crippen molar-refractivity contribution in [2.75, 3.05) is 36.3 Å². The van der Waals surface area contributed by atoms with E-state index in [1.165, 1.54) is 112 Å². The average molecular weight is 729 g/mol. The van der Waals surface area contributed by atoms with Crippen LogP contribution in [0.3, 0.4) is 0 Å². The molecule has 1 fully saturated rings. The summed E-state index contributed by atoms with van der Waals surface area (Å²) in [5.41, 5.74) is 0.904. The van der Waals surface area contributed by atoms with Crippen LogP contribution in [0.25, 0.3) is 0 Å². The van der Waals surface area contributed by atoms with Crippen LogP contribution in [0.5, 0.6) is 5.75 Å². The number of halogens is 3. The van der Waals surface area contributed by atoms with Gasteiger partial charge in [-0.25, -0.2) is 0 Å². The monoisotopic (exact) mass is 726 g/mol. The number of rotatable bonds is 16. The van der Waals surface area contributed by atoms with Gasteiger partial charge in [0.2, 0.25) is 0 Å². The van der Waals surface area contributed by atoms with Gasteiger partial charge < -0.3 is 16.0 Å². The Kier molecular flexibility index (Phi) is 51.3. The number of hydrogen-bond donors (Lipinski definition) is 1. The Labute approximate surface area is 280 Å². The molecule has 0 spiro atoms. The minimum Gasteiger partial charge on any atom is -1.00 e. The molecule has 2 rings (SSSR count). The van der Waals surface area contributed by atoms with Crippen LogP contribution < -0.4 is 34.3 Å². The number of ether oxygens (including phenoxy) is 2. The second-order valence-electron chi connectivity index (χ2n) is 8.64. The molecule has 1 aliphatic rings. The maximum Gasteiger partial charge on any atom is 1.00 e. The quantitative estimate of drug-likeness (QED) is 0.107. The average Bonchev–Trinajstić information content (AvgIpc) is 3.50. The molecule has 37 heavy (non-hydrogen) atoms. The summed E-state index contributed by atoms with van der Waals surface area (Å²) in [5, 5.41) is 12.2. The maximum atomic E-state index is 8.66. The van der Waals surface area contributed by atoms with Gasteiger partial charge in [-0.15, -0.1) is 0 Å². The number of aliphatic hydroxyl groups excluding tert-OH is 1. The van der Waals surface area contributed by atoms with Gasteiger partial charge in [-0.1, -0.05) is 138 Å². The molecule has 1 saturated heterocycles. The molecule has 0 unspecified atom stereocenters. The standard InChI is InChI=1S/C9H19Br.C8H16Br2.C8H10O2.C4H8O.CH4.Na.H/c1-2-3-4-5-6-7-8-9-10;9-7-5-3-1-2-4-6-8-10;1-10-8-4-2-7(6-9)3-5-8;1-2-4-5-3-1;;;/h2-9H2,1H3;1-8H2;2-5,9H,6H2,1H3;1-4H2;1H4;;/q;;;;;+1;-1. The summed E-state index contributed by atoms with van der Waals surface area (Å²) in [7, 11) is 1.62. The number of unbranched alkanes of at least 4 members (excludes halogenated alkanes) is 11. The summed E-state index contributed by atoms with van der Waals surface area (Å²) < 4.78 is 9.88. The predicted octanol–water partition coefficient (Wildman–Crippen LogP) is 7.99. The normalized spacial score (nSPS) is 11.3. The Bertz CT molecular complexity index is 434. The summed E-state index contributed by atoms with van der Waals surface area (Å²) in [6.45, 7) is 4.35. The Balaban J connectivity index is -0.000000127. The van der Waals surface area contributed by atoms with Crippen LogP contribution in [0.15, 0.2) is 24.3 Å². The maximum absolute atomic E-state index is 8.66. The van der Waals surface area contributed by atoms with Gasteiger partial charge in [-0.3, -0.25) is 0 Å². The van der Waals surface area contributed by atoms with Crippen molar-refractivity contribution in [3.05, 3.63) is 29.8 Å². The molecule has 1 aromatic carbocycles. The molecule has 0 amide bonds. The van der Waals surface area contributed by atoms with Gasteiger partial charge in [0.25, 0.3) is 0 Å². The molecule has 1 aliphatic heterocycles. The molecule has 218 valence electrons. The number of benzene rings is 1. The van der Waals surface area contributed by atoms with Crippen LogP contribution in [0.2, 0.25) is 0 Å².